The molecule has 2 aromatic carbocycles. The average molecular weight is 352 g/mol. The monoisotopic (exact) mass is 352 g/mol. The minimum absolute atomic E-state index is 0.113. The summed E-state index contributed by atoms with van der Waals surface area (Å²) >= 11 is 0. The van der Waals surface area contributed by atoms with Gasteiger partial charge in [-0.1, -0.05) is 42.0 Å². The Morgan fingerprint density at radius 1 is 1.23 bits per heavy atom. The number of carboxylic acids is 1. The van der Waals surface area contributed by atoms with E-state index in [2.05, 4.69) is 6.58 Å². The summed E-state index contributed by atoms with van der Waals surface area (Å²) in [6.45, 7) is 7.65. The molecule has 0 aliphatic carbocycles. The number of hydrogen-bond donors (Lipinski definition) is 2. The fourth-order valence-electron chi connectivity index (χ4n) is 2.82. The van der Waals surface area contributed by atoms with E-state index >= 15 is 0 Å². The zero-order valence-electron chi connectivity index (χ0n) is 15.4. The molecule has 4 nitrogen and oxygen atoms in total. The first-order valence-electron chi connectivity index (χ1n) is 8.39. The maximum Gasteiger partial charge on any atom is 0.340 e. The number of hydrogen-bond acceptors (Lipinski definition) is 3. The molecular weight excluding hydrogens is 328 g/mol. The van der Waals surface area contributed by atoms with Gasteiger partial charge in [0.1, 0.15) is 17.1 Å². The summed E-state index contributed by atoms with van der Waals surface area (Å²) in [6.07, 6.45) is 2.86. The molecule has 2 aromatic rings. The predicted octanol–water partition coefficient (Wildman–Crippen LogP) is 5.17. The summed E-state index contributed by atoms with van der Waals surface area (Å²) < 4.78 is 5.41. The number of aromatic hydroxyl groups is 1. The van der Waals surface area contributed by atoms with Crippen LogP contribution in [0, 0.1) is 0 Å². The fourth-order valence-corrected chi connectivity index (χ4v) is 2.82. The van der Waals surface area contributed by atoms with Gasteiger partial charge in [-0.3, -0.25) is 0 Å². The van der Waals surface area contributed by atoms with Crippen molar-refractivity contribution in [3.8, 4) is 11.5 Å². The van der Waals surface area contributed by atoms with Gasteiger partial charge in [0.2, 0.25) is 0 Å². The Morgan fingerprint density at radius 3 is 2.42 bits per heavy atom. The van der Waals surface area contributed by atoms with Gasteiger partial charge in [0.15, 0.2) is 0 Å². The Balaban J connectivity index is 2.60. The average Bonchev–Trinajstić information content (AvgIpc) is 2.60. The first kappa shape index (κ1) is 19.3. The van der Waals surface area contributed by atoms with Crippen LogP contribution < -0.4 is 4.74 Å². The lowest BCUT2D eigenvalue weighted by molar-refractivity contribution is 0.0693. The van der Waals surface area contributed by atoms with E-state index in [1.807, 2.05) is 44.2 Å². The van der Waals surface area contributed by atoms with Crippen molar-refractivity contribution in [2.75, 3.05) is 7.11 Å². The van der Waals surface area contributed by atoms with Crippen molar-refractivity contribution in [2.24, 2.45) is 0 Å². The number of benzene rings is 2. The molecule has 0 aromatic heterocycles. The summed E-state index contributed by atoms with van der Waals surface area (Å²) in [5, 5.41) is 20.3. The van der Waals surface area contributed by atoms with Crippen molar-refractivity contribution in [3.63, 3.8) is 0 Å². The van der Waals surface area contributed by atoms with Gasteiger partial charge < -0.3 is 14.9 Å². The van der Waals surface area contributed by atoms with E-state index in [0.717, 1.165) is 16.7 Å². The van der Waals surface area contributed by atoms with Gasteiger partial charge in [0.05, 0.1) is 7.11 Å². The van der Waals surface area contributed by atoms with E-state index < -0.39 is 5.97 Å². The highest BCUT2D eigenvalue weighted by molar-refractivity contribution is 5.98. The molecule has 0 heterocycles. The normalized spacial score (nSPS) is 11.3. The first-order chi connectivity index (χ1) is 12.3. The molecule has 26 heavy (non-hydrogen) atoms. The number of phenols is 1. The Labute approximate surface area is 154 Å². The van der Waals surface area contributed by atoms with Crippen molar-refractivity contribution in [1.29, 1.82) is 0 Å². The third-order valence-corrected chi connectivity index (χ3v) is 4.23. The van der Waals surface area contributed by atoms with Crippen LogP contribution >= 0.6 is 0 Å². The second-order valence-corrected chi connectivity index (χ2v) is 6.33. The van der Waals surface area contributed by atoms with Gasteiger partial charge >= 0.3 is 5.97 Å². The molecule has 2 rings (SSSR count). The predicted molar refractivity (Wildman–Crippen MR) is 105 cm³/mol. The van der Waals surface area contributed by atoms with Crippen molar-refractivity contribution in [3.05, 3.63) is 70.8 Å². The molecule has 0 fully saturated rings. The number of ether oxygens (including phenoxy) is 1. The van der Waals surface area contributed by atoms with Crippen molar-refractivity contribution in [2.45, 2.75) is 26.7 Å². The largest absolute Gasteiger partial charge is 0.507 e. The molecule has 0 amide bonds. The Morgan fingerprint density at radius 2 is 1.88 bits per heavy atom. The molecule has 0 unspecified atom stereocenters. The molecule has 0 atom stereocenters. The Hall–Kier alpha value is -3.01. The number of rotatable bonds is 7. The molecule has 0 saturated heterocycles. The molecule has 0 spiro atoms. The minimum Gasteiger partial charge on any atom is -0.507 e. The zero-order chi connectivity index (χ0) is 19.3. The van der Waals surface area contributed by atoms with Crippen LogP contribution in [0.15, 0.2) is 48.6 Å². The lowest BCUT2D eigenvalue weighted by Crippen LogP contribution is -2.05. The van der Waals surface area contributed by atoms with E-state index in [0.29, 0.717) is 29.7 Å². The zero-order valence-corrected chi connectivity index (χ0v) is 15.4. The van der Waals surface area contributed by atoms with Crippen molar-refractivity contribution < 1.29 is 19.7 Å². The molecule has 0 bridgehead atoms. The minimum atomic E-state index is -1.17. The third-order valence-electron chi connectivity index (χ3n) is 4.23. The van der Waals surface area contributed by atoms with Crippen LogP contribution in [0.2, 0.25) is 0 Å². The Bertz CT molecular complexity index is 848. The summed E-state index contributed by atoms with van der Waals surface area (Å²) in [7, 11) is 1.51. The highest BCUT2D eigenvalue weighted by Crippen LogP contribution is 2.37. The lowest BCUT2D eigenvalue weighted by atomic mass is 9.94. The molecule has 0 aliphatic heterocycles. The number of aromatic carboxylic acids is 1. The standard InChI is InChI=1S/C22H24O4/c1-14(2)10-11-18-19(26-4)13-17(20(21(18)23)22(24)25)12-15(3)16-8-6-5-7-9-16/h5-9,12-13,23H,1,10-11H2,2-4H3,(H,24,25). The number of carboxylic acid groups (broad SMARTS) is 1. The second-order valence-electron chi connectivity index (χ2n) is 6.33. The van der Waals surface area contributed by atoms with Gasteiger partial charge in [-0.25, -0.2) is 4.79 Å². The highest BCUT2D eigenvalue weighted by atomic mass is 16.5. The molecular formula is C22H24O4. The molecule has 0 radical (unpaired) electrons. The Kier molecular flexibility index (Phi) is 6.23. The van der Waals surface area contributed by atoms with E-state index in [1.165, 1.54) is 7.11 Å². The van der Waals surface area contributed by atoms with Crippen LogP contribution in [-0.4, -0.2) is 23.3 Å². The molecule has 2 N–H and O–H groups in total. The van der Waals surface area contributed by atoms with Crippen LogP contribution in [0.1, 0.15) is 47.3 Å². The molecule has 136 valence electrons. The van der Waals surface area contributed by atoms with Crippen LogP contribution in [0.4, 0.5) is 0 Å². The van der Waals surface area contributed by atoms with Gasteiger partial charge in [-0.2, -0.15) is 0 Å². The quantitative estimate of drug-likeness (QED) is 0.533. The van der Waals surface area contributed by atoms with E-state index in [4.69, 9.17) is 4.74 Å². The maximum absolute atomic E-state index is 11.8. The van der Waals surface area contributed by atoms with Crippen LogP contribution in [-0.2, 0) is 6.42 Å². The highest BCUT2D eigenvalue weighted by Gasteiger charge is 2.22. The van der Waals surface area contributed by atoms with E-state index in [9.17, 15) is 15.0 Å². The van der Waals surface area contributed by atoms with Crippen LogP contribution in [0.3, 0.4) is 0 Å². The topological polar surface area (TPSA) is 66.8 Å². The molecule has 0 saturated carbocycles. The summed E-state index contributed by atoms with van der Waals surface area (Å²) in [6, 6.07) is 11.3. The van der Waals surface area contributed by atoms with Crippen LogP contribution in [0.25, 0.3) is 11.6 Å². The smallest absolute Gasteiger partial charge is 0.340 e. The number of methoxy groups -OCH3 is 1. The number of carbonyl (C=O) groups is 1. The van der Waals surface area contributed by atoms with Gasteiger partial charge in [-0.15, -0.1) is 6.58 Å². The fraction of sp³-hybridized carbons (Fsp3) is 0.227. The van der Waals surface area contributed by atoms with Gasteiger partial charge in [-0.05, 0) is 49.5 Å². The number of allylic oxidation sites excluding steroid dienone is 2. The summed E-state index contributed by atoms with van der Waals surface area (Å²) in [5.74, 6) is -0.945. The van der Waals surface area contributed by atoms with Crippen molar-refractivity contribution in [1.82, 2.24) is 0 Å². The third kappa shape index (κ3) is 4.33. The van der Waals surface area contributed by atoms with E-state index in [1.54, 1.807) is 12.1 Å². The lowest BCUT2D eigenvalue weighted by Gasteiger charge is -2.16. The van der Waals surface area contributed by atoms with Crippen LogP contribution in [0.5, 0.6) is 11.5 Å². The first-order valence-corrected chi connectivity index (χ1v) is 8.39. The summed E-state index contributed by atoms with van der Waals surface area (Å²) in [5.41, 5.74) is 3.61. The maximum atomic E-state index is 11.8. The van der Waals surface area contributed by atoms with E-state index in [-0.39, 0.29) is 11.3 Å². The van der Waals surface area contributed by atoms with Gasteiger partial charge in [0, 0.05) is 5.56 Å². The molecule has 0 aliphatic rings. The van der Waals surface area contributed by atoms with Crippen molar-refractivity contribution >= 4 is 17.6 Å². The summed E-state index contributed by atoms with van der Waals surface area (Å²) in [4.78, 5) is 11.8. The van der Waals surface area contributed by atoms with Gasteiger partial charge in [0.25, 0.3) is 0 Å². The molecule has 4 heteroatoms. The SMILES string of the molecule is C=C(C)CCc1c(OC)cc(C=C(C)c2ccccc2)c(C(=O)O)c1O. The second kappa shape index (κ2) is 8.39.